The Morgan fingerprint density at radius 1 is 1.60 bits per heavy atom. The molecule has 1 aromatic carbocycles. The zero-order valence-electron chi connectivity index (χ0n) is 8.40. The van der Waals surface area contributed by atoms with Crippen molar-refractivity contribution in [3.8, 4) is 0 Å². The second-order valence-corrected chi connectivity index (χ2v) is 4.85. The molecule has 1 N–H and O–H groups in total. The Labute approximate surface area is 96.8 Å². The van der Waals surface area contributed by atoms with E-state index >= 15 is 0 Å². The largest absolute Gasteiger partial charge is 0.481 e. The molecule has 1 unspecified atom stereocenters. The number of carboxylic acids is 1. The predicted octanol–water partition coefficient (Wildman–Crippen LogP) is 2.06. The zero-order chi connectivity index (χ0) is 11.0. The summed E-state index contributed by atoms with van der Waals surface area (Å²) in [6.45, 7) is 1.41. The van der Waals surface area contributed by atoms with Gasteiger partial charge in [-0.2, -0.15) is 0 Å². The van der Waals surface area contributed by atoms with Crippen molar-refractivity contribution in [3.63, 3.8) is 0 Å². The molecule has 0 fully saturated rings. The van der Waals surface area contributed by atoms with Crippen molar-refractivity contribution in [1.29, 1.82) is 0 Å². The molecule has 0 radical (unpaired) electrons. The highest BCUT2D eigenvalue weighted by Crippen LogP contribution is 2.29. The number of fused-ring (bicyclic) bond motifs is 1. The summed E-state index contributed by atoms with van der Waals surface area (Å²) in [6.07, 6.45) is 0. The van der Waals surface area contributed by atoms with Crippen LogP contribution in [0, 0.1) is 0 Å². The standard InChI is InChI=1S/C11H12BrNO2/c1-13-5-7-4-8(12)2-3-9(7)10(6-13)11(14)15/h2-4,10H,5-6H2,1H3,(H,14,15). The molecule has 0 amide bonds. The third-order valence-corrected chi connectivity index (χ3v) is 3.21. The summed E-state index contributed by atoms with van der Waals surface area (Å²) in [5.74, 6) is -1.14. The number of aliphatic carboxylic acids is 1. The molecular weight excluding hydrogens is 258 g/mol. The third-order valence-electron chi connectivity index (χ3n) is 2.71. The van der Waals surface area contributed by atoms with Crippen LogP contribution in [-0.2, 0) is 11.3 Å². The third kappa shape index (κ3) is 2.06. The highest BCUT2D eigenvalue weighted by molar-refractivity contribution is 9.10. The minimum atomic E-state index is -0.745. The molecule has 80 valence electrons. The van der Waals surface area contributed by atoms with E-state index < -0.39 is 11.9 Å². The topological polar surface area (TPSA) is 40.5 Å². The van der Waals surface area contributed by atoms with Crippen LogP contribution in [0.2, 0.25) is 0 Å². The van der Waals surface area contributed by atoms with Gasteiger partial charge in [0.25, 0.3) is 0 Å². The van der Waals surface area contributed by atoms with Gasteiger partial charge in [-0.3, -0.25) is 4.79 Å². The van der Waals surface area contributed by atoms with Crippen molar-refractivity contribution in [2.45, 2.75) is 12.5 Å². The summed E-state index contributed by atoms with van der Waals surface area (Å²) in [5.41, 5.74) is 2.05. The molecule has 0 saturated carbocycles. The maximum atomic E-state index is 11.1. The first-order valence-corrected chi connectivity index (χ1v) is 5.57. The van der Waals surface area contributed by atoms with Gasteiger partial charge in [-0.05, 0) is 30.3 Å². The number of hydrogen-bond acceptors (Lipinski definition) is 2. The number of likely N-dealkylation sites (N-methyl/N-ethyl adjacent to an activating group) is 1. The Morgan fingerprint density at radius 3 is 3.00 bits per heavy atom. The maximum Gasteiger partial charge on any atom is 0.312 e. The van der Waals surface area contributed by atoms with Crippen molar-refractivity contribution in [1.82, 2.24) is 4.90 Å². The molecule has 0 spiro atoms. The molecule has 0 aliphatic carbocycles. The smallest absolute Gasteiger partial charge is 0.312 e. The van der Waals surface area contributed by atoms with Gasteiger partial charge in [0, 0.05) is 17.6 Å². The molecule has 1 aliphatic heterocycles. The molecule has 4 heteroatoms. The molecule has 1 heterocycles. The Kier molecular flexibility index (Phi) is 2.80. The monoisotopic (exact) mass is 269 g/mol. The van der Waals surface area contributed by atoms with Crippen LogP contribution in [0.5, 0.6) is 0 Å². The number of carboxylic acid groups (broad SMARTS) is 1. The lowest BCUT2D eigenvalue weighted by Crippen LogP contribution is -2.34. The Balaban J connectivity index is 2.46. The van der Waals surface area contributed by atoms with Crippen LogP contribution in [-0.4, -0.2) is 29.6 Å². The minimum absolute atomic E-state index is 0.396. The molecule has 0 aromatic heterocycles. The van der Waals surface area contributed by atoms with Crippen LogP contribution < -0.4 is 0 Å². The number of benzene rings is 1. The summed E-state index contributed by atoms with van der Waals surface area (Å²) in [7, 11) is 1.94. The molecule has 1 aliphatic rings. The summed E-state index contributed by atoms with van der Waals surface area (Å²) >= 11 is 3.40. The molecule has 1 atom stereocenters. The summed E-state index contributed by atoms with van der Waals surface area (Å²) in [5, 5.41) is 9.13. The lowest BCUT2D eigenvalue weighted by molar-refractivity contribution is -0.139. The van der Waals surface area contributed by atoms with Crippen molar-refractivity contribution in [2.24, 2.45) is 0 Å². The lowest BCUT2D eigenvalue weighted by atomic mass is 9.90. The van der Waals surface area contributed by atoms with Gasteiger partial charge in [0.15, 0.2) is 0 Å². The van der Waals surface area contributed by atoms with E-state index in [2.05, 4.69) is 15.9 Å². The molecule has 0 saturated heterocycles. The number of halogens is 1. The van der Waals surface area contributed by atoms with Gasteiger partial charge < -0.3 is 10.0 Å². The fourth-order valence-electron chi connectivity index (χ4n) is 2.03. The minimum Gasteiger partial charge on any atom is -0.481 e. The summed E-state index contributed by atoms with van der Waals surface area (Å²) < 4.78 is 1.00. The van der Waals surface area contributed by atoms with E-state index in [-0.39, 0.29) is 0 Å². The van der Waals surface area contributed by atoms with E-state index in [0.717, 1.165) is 22.1 Å². The fraction of sp³-hybridized carbons (Fsp3) is 0.364. The fourth-order valence-corrected chi connectivity index (χ4v) is 2.44. The number of nitrogens with zero attached hydrogens (tertiary/aromatic N) is 1. The first-order chi connectivity index (χ1) is 7.08. The first kappa shape index (κ1) is 10.6. The number of rotatable bonds is 1. The van der Waals surface area contributed by atoms with Gasteiger partial charge in [-0.25, -0.2) is 0 Å². The van der Waals surface area contributed by atoms with Gasteiger partial charge in [0.05, 0.1) is 5.92 Å². The molecular formula is C11H12BrNO2. The lowest BCUT2D eigenvalue weighted by Gasteiger charge is -2.29. The van der Waals surface area contributed by atoms with Crippen LogP contribution in [0.3, 0.4) is 0 Å². The van der Waals surface area contributed by atoms with Crippen LogP contribution in [0.25, 0.3) is 0 Å². The normalized spacial score (nSPS) is 21.1. The van der Waals surface area contributed by atoms with E-state index in [4.69, 9.17) is 5.11 Å². The van der Waals surface area contributed by atoms with Gasteiger partial charge in [-0.1, -0.05) is 22.0 Å². The van der Waals surface area contributed by atoms with E-state index in [9.17, 15) is 4.79 Å². The SMILES string of the molecule is CN1Cc2cc(Br)ccc2C(C(=O)O)C1. The highest BCUT2D eigenvalue weighted by Gasteiger charge is 2.28. The van der Waals surface area contributed by atoms with Crippen LogP contribution in [0.4, 0.5) is 0 Å². The zero-order valence-corrected chi connectivity index (χ0v) is 9.99. The van der Waals surface area contributed by atoms with Gasteiger partial charge >= 0.3 is 5.97 Å². The molecule has 0 bridgehead atoms. The average molecular weight is 270 g/mol. The molecule has 3 nitrogen and oxygen atoms in total. The van der Waals surface area contributed by atoms with Crippen LogP contribution >= 0.6 is 15.9 Å². The maximum absolute atomic E-state index is 11.1. The van der Waals surface area contributed by atoms with E-state index in [1.54, 1.807) is 0 Å². The summed E-state index contributed by atoms with van der Waals surface area (Å²) in [4.78, 5) is 13.1. The summed E-state index contributed by atoms with van der Waals surface area (Å²) in [6, 6.07) is 5.81. The second-order valence-electron chi connectivity index (χ2n) is 3.93. The van der Waals surface area contributed by atoms with Crippen molar-refractivity contribution in [3.05, 3.63) is 33.8 Å². The van der Waals surface area contributed by atoms with E-state index in [1.165, 1.54) is 0 Å². The van der Waals surface area contributed by atoms with Crippen molar-refractivity contribution < 1.29 is 9.90 Å². The van der Waals surface area contributed by atoms with Gasteiger partial charge in [0.1, 0.15) is 0 Å². The number of carbonyl (C=O) groups is 1. The Morgan fingerprint density at radius 2 is 2.33 bits per heavy atom. The number of hydrogen-bond donors (Lipinski definition) is 1. The van der Waals surface area contributed by atoms with E-state index in [0.29, 0.717) is 6.54 Å². The predicted molar refractivity (Wildman–Crippen MR) is 60.9 cm³/mol. The Hall–Kier alpha value is -0.870. The van der Waals surface area contributed by atoms with Crippen LogP contribution in [0.1, 0.15) is 17.0 Å². The Bertz CT molecular complexity index is 406. The van der Waals surface area contributed by atoms with Crippen LogP contribution in [0.15, 0.2) is 22.7 Å². The average Bonchev–Trinajstić information content (AvgIpc) is 2.15. The van der Waals surface area contributed by atoms with Gasteiger partial charge in [0.2, 0.25) is 0 Å². The van der Waals surface area contributed by atoms with Crippen molar-refractivity contribution in [2.75, 3.05) is 13.6 Å². The highest BCUT2D eigenvalue weighted by atomic mass is 79.9. The van der Waals surface area contributed by atoms with Gasteiger partial charge in [-0.15, -0.1) is 0 Å². The molecule has 15 heavy (non-hydrogen) atoms. The second kappa shape index (κ2) is 3.94. The first-order valence-electron chi connectivity index (χ1n) is 4.77. The van der Waals surface area contributed by atoms with E-state index in [1.807, 2.05) is 30.1 Å². The molecule has 2 rings (SSSR count). The van der Waals surface area contributed by atoms with Crippen molar-refractivity contribution >= 4 is 21.9 Å². The molecule has 1 aromatic rings. The quantitative estimate of drug-likeness (QED) is 0.849.